The molecular weight excluding hydrogens is 531 g/mol. The number of rotatable bonds is 12. The molecule has 0 amide bonds. The van der Waals surface area contributed by atoms with Crippen LogP contribution in [0.5, 0.6) is 0 Å². The first-order chi connectivity index (χ1) is 19.7. The summed E-state index contributed by atoms with van der Waals surface area (Å²) in [5.74, 6) is 5.74. The van der Waals surface area contributed by atoms with Gasteiger partial charge in [-0.05, 0) is 91.2 Å². The first-order valence-electron chi connectivity index (χ1n) is 17.3. The quantitative estimate of drug-likeness (QED) is 0.225. The molecule has 42 heavy (non-hydrogen) atoms. The van der Waals surface area contributed by atoms with Crippen molar-refractivity contribution in [3.05, 3.63) is 42.0 Å². The summed E-state index contributed by atoms with van der Waals surface area (Å²) in [4.78, 5) is 13.6. The van der Waals surface area contributed by atoms with Crippen LogP contribution in [0.25, 0.3) is 6.08 Å². The molecule has 0 N–H and O–H groups in total. The summed E-state index contributed by atoms with van der Waals surface area (Å²) in [6, 6.07) is 10.5. The summed E-state index contributed by atoms with van der Waals surface area (Å²) in [5, 5.41) is 0.238. The maximum atomic E-state index is 13.6. The van der Waals surface area contributed by atoms with Crippen molar-refractivity contribution in [1.29, 1.82) is 0 Å². The van der Waals surface area contributed by atoms with Gasteiger partial charge in [-0.3, -0.25) is 4.79 Å². The summed E-state index contributed by atoms with van der Waals surface area (Å²) in [6.07, 6.45) is 14.4. The molecule has 2 aliphatic carbocycles. The Hall–Kier alpha value is -0.995. The van der Waals surface area contributed by atoms with Gasteiger partial charge in [0.15, 0.2) is 5.12 Å². The number of carbonyl (C=O) groups is 1. The molecule has 1 aromatic carbocycles. The third-order valence-electron chi connectivity index (χ3n) is 10.3. The Morgan fingerprint density at radius 3 is 1.83 bits per heavy atom. The fourth-order valence-electron chi connectivity index (χ4n) is 8.08. The number of benzene rings is 1. The highest BCUT2D eigenvalue weighted by molar-refractivity contribution is 8.14. The molecule has 2 fully saturated rings. The van der Waals surface area contributed by atoms with Crippen LogP contribution in [0.15, 0.2) is 36.4 Å². The lowest BCUT2D eigenvalue weighted by molar-refractivity contribution is -0.115. The molecule has 0 aliphatic heterocycles. The average molecular weight is 595 g/mol. The SMILES string of the molecule is CC(C)[C@@H]1CC[C@@H](C)C[C@@H]1CB(C[C@H]1C[C@H](C)CC[C@H]1C(C)C)O[C@@H](/C=C/c1ccccc1)[C@H](C)C(=O)SC(C)(C)C. The predicted octanol–water partition coefficient (Wildman–Crippen LogP) is 11.2. The van der Waals surface area contributed by atoms with E-state index in [9.17, 15) is 4.79 Å². The lowest BCUT2D eigenvalue weighted by Gasteiger charge is -2.42. The Morgan fingerprint density at radius 2 is 1.38 bits per heavy atom. The van der Waals surface area contributed by atoms with Crippen LogP contribution in [0.3, 0.4) is 0 Å². The minimum atomic E-state index is -0.227. The number of hydrogen-bond acceptors (Lipinski definition) is 3. The van der Waals surface area contributed by atoms with Crippen LogP contribution in [-0.2, 0) is 9.45 Å². The van der Waals surface area contributed by atoms with Gasteiger partial charge in [-0.15, -0.1) is 0 Å². The molecule has 1 aromatic rings. The molecule has 0 radical (unpaired) electrons. The van der Waals surface area contributed by atoms with Gasteiger partial charge in [-0.25, -0.2) is 0 Å². The van der Waals surface area contributed by atoms with Gasteiger partial charge >= 0.3 is 0 Å². The lowest BCUT2D eigenvalue weighted by atomic mass is 9.48. The van der Waals surface area contributed by atoms with Crippen LogP contribution < -0.4 is 0 Å². The molecule has 3 rings (SSSR count). The molecule has 236 valence electrons. The van der Waals surface area contributed by atoms with Crippen LogP contribution in [0.2, 0.25) is 12.6 Å². The molecule has 2 aliphatic rings. The van der Waals surface area contributed by atoms with Crippen molar-refractivity contribution in [2.45, 2.75) is 131 Å². The van der Waals surface area contributed by atoms with Gasteiger partial charge in [0.05, 0.1) is 12.0 Å². The zero-order chi connectivity index (χ0) is 31.0. The normalized spacial score (nSPS) is 28.8. The van der Waals surface area contributed by atoms with E-state index in [1.807, 2.05) is 0 Å². The third-order valence-corrected chi connectivity index (χ3v) is 11.5. The van der Waals surface area contributed by atoms with E-state index in [1.165, 1.54) is 50.3 Å². The van der Waals surface area contributed by atoms with Crippen molar-refractivity contribution in [1.82, 2.24) is 0 Å². The van der Waals surface area contributed by atoms with Gasteiger partial charge < -0.3 is 4.65 Å². The Bertz CT molecular complexity index is 933. The first kappa shape index (κ1) is 35.5. The molecule has 4 heteroatoms. The van der Waals surface area contributed by atoms with E-state index in [2.05, 4.69) is 112 Å². The van der Waals surface area contributed by atoms with Gasteiger partial charge in [0.25, 0.3) is 6.92 Å². The van der Waals surface area contributed by atoms with Gasteiger partial charge in [0.1, 0.15) is 0 Å². The van der Waals surface area contributed by atoms with E-state index in [0.29, 0.717) is 23.7 Å². The van der Waals surface area contributed by atoms with Crippen LogP contribution in [-0.4, -0.2) is 22.9 Å². The number of carbonyl (C=O) groups excluding carboxylic acids is 1. The van der Waals surface area contributed by atoms with E-state index >= 15 is 0 Å². The minimum Gasteiger partial charge on any atom is -0.429 e. The Balaban J connectivity index is 1.94. The number of hydrogen-bond donors (Lipinski definition) is 0. The predicted molar refractivity (Wildman–Crippen MR) is 187 cm³/mol. The Morgan fingerprint density at radius 1 is 0.881 bits per heavy atom. The Kier molecular flexibility index (Phi) is 13.8. The first-order valence-corrected chi connectivity index (χ1v) is 18.2. The van der Waals surface area contributed by atoms with Crippen molar-refractivity contribution < 1.29 is 9.45 Å². The number of thioether (sulfide) groups is 1. The third kappa shape index (κ3) is 11.2. The van der Waals surface area contributed by atoms with E-state index in [-0.39, 0.29) is 28.8 Å². The second kappa shape index (κ2) is 16.4. The Labute approximate surface area is 265 Å². The molecule has 0 spiro atoms. The molecule has 0 aromatic heterocycles. The zero-order valence-electron chi connectivity index (χ0n) is 28.8. The van der Waals surface area contributed by atoms with Crippen LogP contribution in [0.1, 0.15) is 113 Å². The summed E-state index contributed by atoms with van der Waals surface area (Å²) in [6.45, 7) is 23.3. The molecule has 0 unspecified atom stereocenters. The summed E-state index contributed by atoms with van der Waals surface area (Å²) >= 11 is 1.47. The van der Waals surface area contributed by atoms with Crippen LogP contribution >= 0.6 is 11.8 Å². The second-order valence-electron chi connectivity index (χ2n) is 16.0. The smallest absolute Gasteiger partial charge is 0.294 e. The highest BCUT2D eigenvalue weighted by Crippen LogP contribution is 2.45. The van der Waals surface area contributed by atoms with E-state index < -0.39 is 0 Å². The van der Waals surface area contributed by atoms with Crippen molar-refractivity contribution in [2.75, 3.05) is 0 Å². The lowest BCUT2D eigenvalue weighted by Crippen LogP contribution is -2.39. The van der Waals surface area contributed by atoms with Crippen molar-refractivity contribution in [3.8, 4) is 0 Å². The second-order valence-corrected chi connectivity index (χ2v) is 17.8. The standard InChI is InChI=1S/C38H63BO2S/c1-26(2)34-19-16-28(5)22-32(34)24-39(25-33-23-29(6)17-20-35(33)27(3)4)41-36(21-18-31-14-12-11-13-15-31)30(7)37(40)42-38(8,9)10/h11-15,18,21,26-30,32-36H,16-17,19-20,22-25H2,1-10H3/b21-18+/t28-,29-,30+,32-,33-,34+,35+,36+/m1/s1. The molecule has 8 atom stereocenters. The van der Waals surface area contributed by atoms with Crippen molar-refractivity contribution in [3.63, 3.8) is 0 Å². The molecule has 0 saturated heterocycles. The molecule has 2 nitrogen and oxygen atoms in total. The van der Waals surface area contributed by atoms with Crippen LogP contribution in [0.4, 0.5) is 0 Å². The van der Waals surface area contributed by atoms with E-state index in [1.54, 1.807) is 0 Å². The minimum absolute atomic E-state index is 0.107. The topological polar surface area (TPSA) is 26.3 Å². The van der Waals surface area contributed by atoms with Gasteiger partial charge in [0.2, 0.25) is 0 Å². The summed E-state index contributed by atoms with van der Waals surface area (Å²) < 4.78 is 7.17. The molecule has 0 heterocycles. The highest BCUT2D eigenvalue weighted by Gasteiger charge is 2.40. The maximum Gasteiger partial charge on any atom is 0.294 e. The van der Waals surface area contributed by atoms with Gasteiger partial charge in [0, 0.05) is 4.75 Å². The fraction of sp³-hybridized carbons (Fsp3) is 0.763. The van der Waals surface area contributed by atoms with Gasteiger partial charge in [-0.2, -0.15) is 0 Å². The van der Waals surface area contributed by atoms with Crippen molar-refractivity contribution in [2.24, 2.45) is 53.3 Å². The monoisotopic (exact) mass is 594 g/mol. The fourth-order valence-corrected chi connectivity index (χ4v) is 9.00. The van der Waals surface area contributed by atoms with Gasteiger partial charge in [-0.1, -0.05) is 136 Å². The molecule has 0 bridgehead atoms. The van der Waals surface area contributed by atoms with E-state index in [0.717, 1.165) is 41.9 Å². The molecular formula is C38H63BO2S. The van der Waals surface area contributed by atoms with Crippen molar-refractivity contribution >= 4 is 29.9 Å². The zero-order valence-corrected chi connectivity index (χ0v) is 29.6. The molecule has 2 saturated carbocycles. The average Bonchev–Trinajstić information content (AvgIpc) is 2.90. The largest absolute Gasteiger partial charge is 0.429 e. The highest BCUT2D eigenvalue weighted by atomic mass is 32.2. The summed E-state index contributed by atoms with van der Waals surface area (Å²) in [7, 11) is 0. The van der Waals surface area contributed by atoms with E-state index in [4.69, 9.17) is 4.65 Å². The van der Waals surface area contributed by atoms with Crippen LogP contribution in [0, 0.1) is 53.3 Å². The summed E-state index contributed by atoms with van der Waals surface area (Å²) in [5.41, 5.74) is 1.16. The maximum absolute atomic E-state index is 13.6.